The summed E-state index contributed by atoms with van der Waals surface area (Å²) in [5.74, 6) is 0. The molecule has 0 atom stereocenters. The topological polar surface area (TPSA) is 29.9 Å². The molecule has 108 valence electrons. The molecule has 0 fully saturated rings. The molecule has 0 saturated carbocycles. The summed E-state index contributed by atoms with van der Waals surface area (Å²) in [4.78, 5) is 0. The Bertz CT molecular complexity index is 587. The van der Waals surface area contributed by atoms with Crippen molar-refractivity contribution >= 4 is 11.6 Å². The molecule has 20 heavy (non-hydrogen) atoms. The van der Waals surface area contributed by atoms with Crippen molar-refractivity contribution < 1.29 is 0 Å². The summed E-state index contributed by atoms with van der Waals surface area (Å²) in [6.07, 6.45) is 2.06. The van der Waals surface area contributed by atoms with E-state index in [-0.39, 0.29) is 0 Å². The lowest BCUT2D eigenvalue weighted by molar-refractivity contribution is 0.589. The van der Waals surface area contributed by atoms with Crippen LogP contribution >= 0.6 is 11.6 Å². The van der Waals surface area contributed by atoms with E-state index in [1.807, 2.05) is 17.7 Å². The molecule has 0 unspecified atom stereocenters. The molecule has 0 bridgehead atoms. The van der Waals surface area contributed by atoms with Crippen molar-refractivity contribution in [3.8, 4) is 11.1 Å². The van der Waals surface area contributed by atoms with Crippen molar-refractivity contribution in [2.75, 3.05) is 0 Å². The minimum absolute atomic E-state index is 0.471. The monoisotopic (exact) mass is 291 g/mol. The van der Waals surface area contributed by atoms with Gasteiger partial charge in [-0.15, -0.1) is 0 Å². The molecule has 2 rings (SSSR count). The first kappa shape index (κ1) is 15.1. The average Bonchev–Trinajstić information content (AvgIpc) is 2.78. The van der Waals surface area contributed by atoms with Gasteiger partial charge in [0.1, 0.15) is 0 Å². The van der Waals surface area contributed by atoms with Gasteiger partial charge in [-0.25, -0.2) is 0 Å². The molecule has 0 spiro atoms. The van der Waals surface area contributed by atoms with Gasteiger partial charge in [0.15, 0.2) is 0 Å². The summed E-state index contributed by atoms with van der Waals surface area (Å²) < 4.78 is 1.94. The van der Waals surface area contributed by atoms with E-state index >= 15 is 0 Å². The number of nitrogens with one attached hydrogen (secondary N) is 1. The van der Waals surface area contributed by atoms with Crippen molar-refractivity contribution in [3.63, 3.8) is 0 Å². The Morgan fingerprint density at radius 2 is 2.05 bits per heavy atom. The first-order valence-electron chi connectivity index (χ1n) is 7.07. The average molecular weight is 292 g/mol. The molecule has 4 heteroatoms. The van der Waals surface area contributed by atoms with Crippen LogP contribution in [-0.2, 0) is 13.1 Å². The number of hydrogen-bond donors (Lipinski definition) is 1. The molecule has 0 aliphatic rings. The number of benzene rings is 1. The van der Waals surface area contributed by atoms with Crippen molar-refractivity contribution in [1.82, 2.24) is 15.1 Å². The van der Waals surface area contributed by atoms with Gasteiger partial charge in [0.25, 0.3) is 0 Å². The second-order valence-corrected chi connectivity index (χ2v) is 5.74. The van der Waals surface area contributed by atoms with Gasteiger partial charge in [-0.05, 0) is 25.5 Å². The van der Waals surface area contributed by atoms with Gasteiger partial charge in [-0.1, -0.05) is 37.6 Å². The molecule has 0 aliphatic heterocycles. The van der Waals surface area contributed by atoms with E-state index in [1.54, 1.807) is 0 Å². The van der Waals surface area contributed by atoms with E-state index in [4.69, 9.17) is 11.6 Å². The first-order chi connectivity index (χ1) is 9.51. The Morgan fingerprint density at radius 3 is 2.60 bits per heavy atom. The maximum Gasteiger partial charge on any atom is 0.0672 e. The Kier molecular flexibility index (Phi) is 4.84. The van der Waals surface area contributed by atoms with E-state index in [0.29, 0.717) is 6.04 Å². The number of aryl methyl sites for hydroxylation is 2. The molecule has 0 radical (unpaired) electrons. The van der Waals surface area contributed by atoms with Crippen LogP contribution in [0, 0.1) is 6.92 Å². The van der Waals surface area contributed by atoms with E-state index in [2.05, 4.69) is 49.5 Å². The summed E-state index contributed by atoms with van der Waals surface area (Å²) >= 11 is 6.44. The molecule has 3 nitrogen and oxygen atoms in total. The Morgan fingerprint density at radius 1 is 1.30 bits per heavy atom. The third kappa shape index (κ3) is 3.41. The molecule has 0 amide bonds. The predicted molar refractivity (Wildman–Crippen MR) is 85.1 cm³/mol. The highest BCUT2D eigenvalue weighted by Gasteiger charge is 2.11. The summed E-state index contributed by atoms with van der Waals surface area (Å²) in [7, 11) is 0. The normalized spacial score (nSPS) is 11.3. The lowest BCUT2D eigenvalue weighted by atomic mass is 10.0. The highest BCUT2D eigenvalue weighted by atomic mass is 35.5. The second kappa shape index (κ2) is 6.42. The van der Waals surface area contributed by atoms with Crippen molar-refractivity contribution in [1.29, 1.82) is 0 Å². The summed E-state index contributed by atoms with van der Waals surface area (Å²) in [5, 5.41) is 8.66. The van der Waals surface area contributed by atoms with Gasteiger partial charge in [0.05, 0.1) is 5.69 Å². The minimum Gasteiger partial charge on any atom is -0.310 e. The van der Waals surface area contributed by atoms with Crippen molar-refractivity contribution in [2.45, 2.75) is 46.8 Å². The Balaban J connectivity index is 2.27. The van der Waals surface area contributed by atoms with Crippen LogP contribution in [0.25, 0.3) is 11.1 Å². The third-order valence-corrected chi connectivity index (χ3v) is 3.62. The van der Waals surface area contributed by atoms with Crippen LogP contribution in [0.5, 0.6) is 0 Å². The Labute approximate surface area is 126 Å². The molecule has 1 heterocycles. The lowest BCUT2D eigenvalue weighted by Crippen LogP contribution is -2.21. The largest absolute Gasteiger partial charge is 0.310 e. The molecule has 1 aromatic heterocycles. The van der Waals surface area contributed by atoms with Crippen LogP contribution in [0.2, 0.25) is 5.02 Å². The summed E-state index contributed by atoms with van der Waals surface area (Å²) in [6.45, 7) is 10.1. The lowest BCUT2D eigenvalue weighted by Gasteiger charge is -2.10. The van der Waals surface area contributed by atoms with Crippen LogP contribution in [0.1, 0.15) is 32.0 Å². The fourth-order valence-corrected chi connectivity index (χ4v) is 2.46. The summed E-state index contributed by atoms with van der Waals surface area (Å²) in [6, 6.07) is 6.72. The van der Waals surface area contributed by atoms with Crippen LogP contribution in [-0.4, -0.2) is 15.8 Å². The zero-order chi connectivity index (χ0) is 14.7. The van der Waals surface area contributed by atoms with Crippen molar-refractivity contribution in [3.05, 3.63) is 40.7 Å². The molecule has 1 aromatic carbocycles. The van der Waals surface area contributed by atoms with Gasteiger partial charge in [0.2, 0.25) is 0 Å². The van der Waals surface area contributed by atoms with E-state index in [0.717, 1.165) is 34.9 Å². The molecule has 0 saturated heterocycles. The van der Waals surface area contributed by atoms with Crippen LogP contribution < -0.4 is 5.32 Å². The van der Waals surface area contributed by atoms with Gasteiger partial charge in [-0.3, -0.25) is 4.68 Å². The highest BCUT2D eigenvalue weighted by Crippen LogP contribution is 2.30. The van der Waals surface area contributed by atoms with Gasteiger partial charge in [-0.2, -0.15) is 5.10 Å². The standard InChI is InChI=1S/C16H22ClN3/c1-5-20-10-15(12(4)19-20)14-7-6-13(8-16(14)17)9-18-11(2)3/h6-8,10-11,18H,5,9H2,1-4H3. The number of hydrogen-bond acceptors (Lipinski definition) is 2. The predicted octanol–water partition coefficient (Wildman–Crippen LogP) is 4.03. The van der Waals surface area contributed by atoms with Crippen LogP contribution in [0.15, 0.2) is 24.4 Å². The van der Waals surface area contributed by atoms with Crippen molar-refractivity contribution in [2.24, 2.45) is 0 Å². The molecule has 0 aliphatic carbocycles. The molecule has 1 N–H and O–H groups in total. The van der Waals surface area contributed by atoms with E-state index in [9.17, 15) is 0 Å². The smallest absolute Gasteiger partial charge is 0.0672 e. The quantitative estimate of drug-likeness (QED) is 0.901. The highest BCUT2D eigenvalue weighted by molar-refractivity contribution is 6.33. The van der Waals surface area contributed by atoms with Crippen LogP contribution in [0.4, 0.5) is 0 Å². The fraction of sp³-hybridized carbons (Fsp3) is 0.438. The fourth-order valence-electron chi connectivity index (χ4n) is 2.15. The maximum absolute atomic E-state index is 6.44. The van der Waals surface area contributed by atoms with E-state index in [1.165, 1.54) is 5.56 Å². The number of halogens is 1. The van der Waals surface area contributed by atoms with Gasteiger partial charge < -0.3 is 5.32 Å². The SMILES string of the molecule is CCn1cc(-c2ccc(CNC(C)C)cc2Cl)c(C)n1. The van der Waals surface area contributed by atoms with Crippen LogP contribution in [0.3, 0.4) is 0 Å². The first-order valence-corrected chi connectivity index (χ1v) is 7.45. The second-order valence-electron chi connectivity index (χ2n) is 5.33. The maximum atomic E-state index is 6.44. The van der Waals surface area contributed by atoms with E-state index < -0.39 is 0 Å². The zero-order valence-electron chi connectivity index (χ0n) is 12.6. The van der Waals surface area contributed by atoms with Gasteiger partial charge in [0, 0.05) is 41.5 Å². The Hall–Kier alpha value is -1.32. The molecule has 2 aromatic rings. The number of rotatable bonds is 5. The molecular weight excluding hydrogens is 270 g/mol. The molecular formula is C16H22ClN3. The number of nitrogens with zero attached hydrogens (tertiary/aromatic N) is 2. The van der Waals surface area contributed by atoms with Gasteiger partial charge >= 0.3 is 0 Å². The zero-order valence-corrected chi connectivity index (χ0v) is 13.3. The summed E-state index contributed by atoms with van der Waals surface area (Å²) in [5.41, 5.74) is 4.38. The number of aromatic nitrogens is 2. The minimum atomic E-state index is 0.471. The third-order valence-electron chi connectivity index (χ3n) is 3.31.